The molecule has 0 unspecified atom stereocenters. The second kappa shape index (κ2) is 5.67. The summed E-state index contributed by atoms with van der Waals surface area (Å²) >= 11 is 0. The Balaban J connectivity index is 2.00. The highest BCUT2D eigenvalue weighted by atomic mass is 16.6. The molecule has 0 spiro atoms. The predicted octanol–water partition coefficient (Wildman–Crippen LogP) is 2.24. The Morgan fingerprint density at radius 2 is 2.06 bits per heavy atom. The molecule has 0 amide bonds. The number of furan rings is 1. The summed E-state index contributed by atoms with van der Waals surface area (Å²) in [5.41, 5.74) is 1.10. The minimum absolute atomic E-state index is 0.0748. The van der Waals surface area contributed by atoms with Crippen molar-refractivity contribution in [3.05, 3.63) is 53.8 Å². The van der Waals surface area contributed by atoms with E-state index in [-0.39, 0.29) is 5.95 Å². The number of carbonyl (C=O) groups is 1. The van der Waals surface area contributed by atoms with Gasteiger partial charge in [0.1, 0.15) is 5.76 Å². The lowest BCUT2D eigenvalue weighted by atomic mass is 10.1. The molecule has 1 aromatic heterocycles. The second-order valence-electron chi connectivity index (χ2n) is 3.55. The van der Waals surface area contributed by atoms with E-state index in [2.05, 4.69) is 5.16 Å². The van der Waals surface area contributed by atoms with Crippen LogP contribution >= 0.6 is 0 Å². The molecule has 0 aliphatic rings. The van der Waals surface area contributed by atoms with Crippen molar-refractivity contribution in [1.82, 2.24) is 0 Å². The van der Waals surface area contributed by atoms with Crippen molar-refractivity contribution in [1.29, 1.82) is 0 Å². The summed E-state index contributed by atoms with van der Waals surface area (Å²) in [5.74, 6) is -0.0334. The average Bonchev–Trinajstić information content (AvgIpc) is 2.78. The SMILES string of the molecule is O=C(C=NO)Oc1ccc(Cc2ccccc2)o1. The lowest BCUT2D eigenvalue weighted by Crippen LogP contribution is -2.08. The highest BCUT2D eigenvalue weighted by Crippen LogP contribution is 2.18. The summed E-state index contributed by atoms with van der Waals surface area (Å²) < 4.78 is 10.1. The van der Waals surface area contributed by atoms with Crippen LogP contribution in [0.3, 0.4) is 0 Å². The number of carbonyl (C=O) groups excluding carboxylic acids is 1. The van der Waals surface area contributed by atoms with Crippen molar-refractivity contribution in [2.75, 3.05) is 0 Å². The first-order valence-electron chi connectivity index (χ1n) is 5.30. The fourth-order valence-corrected chi connectivity index (χ4v) is 1.48. The number of hydrogen-bond acceptors (Lipinski definition) is 5. The van der Waals surface area contributed by atoms with E-state index >= 15 is 0 Å². The van der Waals surface area contributed by atoms with Gasteiger partial charge in [-0.25, -0.2) is 4.79 Å². The van der Waals surface area contributed by atoms with Gasteiger partial charge in [-0.3, -0.25) is 0 Å². The molecule has 1 heterocycles. The number of oxime groups is 1. The Bertz CT molecular complexity index is 545. The van der Waals surface area contributed by atoms with E-state index in [1.165, 1.54) is 0 Å². The highest BCUT2D eigenvalue weighted by Gasteiger charge is 2.07. The van der Waals surface area contributed by atoms with Crippen LogP contribution in [0.15, 0.2) is 52.0 Å². The van der Waals surface area contributed by atoms with Gasteiger partial charge in [-0.2, -0.15) is 0 Å². The molecular formula is C13H11NO4. The Morgan fingerprint density at radius 3 is 2.78 bits per heavy atom. The highest BCUT2D eigenvalue weighted by molar-refractivity contribution is 6.23. The minimum Gasteiger partial charge on any atom is -0.430 e. The quantitative estimate of drug-likeness (QED) is 0.388. The van der Waals surface area contributed by atoms with Gasteiger partial charge < -0.3 is 14.4 Å². The molecule has 92 valence electrons. The molecule has 5 heteroatoms. The maximum atomic E-state index is 11.0. The monoisotopic (exact) mass is 245 g/mol. The fraction of sp³-hybridized carbons (Fsp3) is 0.0769. The number of rotatable bonds is 4. The van der Waals surface area contributed by atoms with Crippen molar-refractivity contribution < 1.29 is 19.2 Å². The molecule has 2 rings (SSSR count). The van der Waals surface area contributed by atoms with Crippen LogP contribution in [-0.2, 0) is 11.2 Å². The van der Waals surface area contributed by atoms with E-state index < -0.39 is 5.97 Å². The molecule has 5 nitrogen and oxygen atoms in total. The van der Waals surface area contributed by atoms with E-state index in [4.69, 9.17) is 14.4 Å². The van der Waals surface area contributed by atoms with Gasteiger partial charge in [0.25, 0.3) is 5.95 Å². The third-order valence-electron chi connectivity index (χ3n) is 2.22. The summed E-state index contributed by atoms with van der Waals surface area (Å²) in [6, 6.07) is 13.0. The Labute approximate surface area is 103 Å². The number of nitrogens with zero attached hydrogens (tertiary/aromatic N) is 1. The summed E-state index contributed by atoms with van der Waals surface area (Å²) in [4.78, 5) is 11.0. The zero-order valence-corrected chi connectivity index (χ0v) is 9.45. The van der Waals surface area contributed by atoms with E-state index in [0.29, 0.717) is 18.4 Å². The maximum absolute atomic E-state index is 11.0. The Morgan fingerprint density at radius 1 is 1.28 bits per heavy atom. The van der Waals surface area contributed by atoms with Crippen molar-refractivity contribution in [2.45, 2.75) is 6.42 Å². The van der Waals surface area contributed by atoms with Gasteiger partial charge in [0, 0.05) is 12.5 Å². The summed E-state index contributed by atoms with van der Waals surface area (Å²) in [5, 5.41) is 10.7. The predicted molar refractivity (Wildman–Crippen MR) is 63.9 cm³/mol. The zero-order valence-electron chi connectivity index (χ0n) is 9.45. The van der Waals surface area contributed by atoms with E-state index in [0.717, 1.165) is 5.56 Å². The molecule has 1 N–H and O–H groups in total. The maximum Gasteiger partial charge on any atom is 0.360 e. The van der Waals surface area contributed by atoms with Gasteiger partial charge in [0.05, 0.1) is 0 Å². The van der Waals surface area contributed by atoms with Crippen LogP contribution in [0.25, 0.3) is 0 Å². The summed E-state index contributed by atoms with van der Waals surface area (Å²) in [6.07, 6.45) is 1.27. The molecule has 0 aliphatic heterocycles. The van der Waals surface area contributed by atoms with Gasteiger partial charge in [-0.15, -0.1) is 0 Å². The minimum atomic E-state index is -0.793. The van der Waals surface area contributed by atoms with Gasteiger partial charge in [0.15, 0.2) is 6.21 Å². The normalized spacial score (nSPS) is 10.7. The third kappa shape index (κ3) is 3.21. The lowest BCUT2D eigenvalue weighted by Gasteiger charge is -1.97. The first kappa shape index (κ1) is 11.9. The van der Waals surface area contributed by atoms with Crippen molar-refractivity contribution in [3.8, 4) is 5.95 Å². The van der Waals surface area contributed by atoms with Crippen LogP contribution in [0.5, 0.6) is 5.95 Å². The molecule has 0 fully saturated rings. The van der Waals surface area contributed by atoms with Crippen molar-refractivity contribution in [2.24, 2.45) is 5.16 Å². The summed E-state index contributed by atoms with van der Waals surface area (Å²) in [7, 11) is 0. The first-order chi connectivity index (χ1) is 8.78. The van der Waals surface area contributed by atoms with Crippen LogP contribution in [-0.4, -0.2) is 17.4 Å². The van der Waals surface area contributed by atoms with Crippen LogP contribution < -0.4 is 4.74 Å². The molecule has 0 saturated heterocycles. The number of benzene rings is 1. The zero-order chi connectivity index (χ0) is 12.8. The molecule has 2 aromatic rings. The molecule has 0 bridgehead atoms. The Kier molecular flexibility index (Phi) is 3.76. The van der Waals surface area contributed by atoms with Gasteiger partial charge in [-0.05, 0) is 11.6 Å². The van der Waals surface area contributed by atoms with Crippen molar-refractivity contribution >= 4 is 12.2 Å². The lowest BCUT2D eigenvalue weighted by molar-refractivity contribution is -0.127. The topological polar surface area (TPSA) is 72.0 Å². The van der Waals surface area contributed by atoms with E-state index in [1.807, 2.05) is 30.3 Å². The van der Waals surface area contributed by atoms with Gasteiger partial charge in [0.2, 0.25) is 0 Å². The first-order valence-corrected chi connectivity index (χ1v) is 5.30. The molecule has 0 atom stereocenters. The standard InChI is InChI=1S/C13H11NO4/c15-12(9-14-16)18-13-7-6-11(17-13)8-10-4-2-1-3-5-10/h1-7,9,16H,8H2. The molecular weight excluding hydrogens is 234 g/mol. The van der Waals surface area contributed by atoms with Gasteiger partial charge in [-0.1, -0.05) is 35.5 Å². The van der Waals surface area contributed by atoms with Crippen molar-refractivity contribution in [3.63, 3.8) is 0 Å². The number of hydrogen-bond donors (Lipinski definition) is 1. The molecule has 1 aromatic carbocycles. The molecule has 0 saturated carbocycles. The van der Waals surface area contributed by atoms with Crippen LogP contribution in [0.2, 0.25) is 0 Å². The smallest absolute Gasteiger partial charge is 0.360 e. The largest absolute Gasteiger partial charge is 0.430 e. The summed E-state index contributed by atoms with van der Waals surface area (Å²) in [6.45, 7) is 0. The average molecular weight is 245 g/mol. The molecule has 18 heavy (non-hydrogen) atoms. The Hall–Kier alpha value is -2.56. The molecule has 0 aliphatic carbocycles. The second-order valence-corrected chi connectivity index (χ2v) is 3.55. The molecule has 0 radical (unpaired) electrons. The van der Waals surface area contributed by atoms with E-state index in [1.54, 1.807) is 12.1 Å². The number of ether oxygens (including phenoxy) is 1. The van der Waals surface area contributed by atoms with Crippen LogP contribution in [0, 0.1) is 0 Å². The van der Waals surface area contributed by atoms with E-state index in [9.17, 15) is 4.79 Å². The number of esters is 1. The van der Waals surface area contributed by atoms with Crippen LogP contribution in [0.1, 0.15) is 11.3 Å². The van der Waals surface area contributed by atoms with Gasteiger partial charge >= 0.3 is 5.97 Å². The fourth-order valence-electron chi connectivity index (χ4n) is 1.48. The van der Waals surface area contributed by atoms with Crippen LogP contribution in [0.4, 0.5) is 0 Å². The third-order valence-corrected chi connectivity index (χ3v) is 2.22.